The number of nitrogens with one attached hydrogen (secondary N) is 1. The van der Waals surface area contributed by atoms with Crippen molar-refractivity contribution in [3.05, 3.63) is 33.7 Å². The number of rotatable bonds is 6. The van der Waals surface area contributed by atoms with Gasteiger partial charge in [0, 0.05) is 6.42 Å². The third-order valence-electron chi connectivity index (χ3n) is 2.69. The molecule has 1 heterocycles. The molecule has 2 amide bonds. The van der Waals surface area contributed by atoms with E-state index in [1.54, 1.807) is 24.3 Å². The van der Waals surface area contributed by atoms with Gasteiger partial charge in [0.1, 0.15) is 5.75 Å². The summed E-state index contributed by atoms with van der Waals surface area (Å²) < 4.78 is 5.40. The topological polar surface area (TPSA) is 92.7 Å². The first-order valence-electron chi connectivity index (χ1n) is 6.34. The maximum absolute atomic E-state index is 11.4. The predicted octanol–water partition coefficient (Wildman–Crippen LogP) is 2.91. The lowest BCUT2D eigenvalue weighted by Gasteiger charge is -2.08. The number of carbonyl (C=O) groups excluding carboxylic acids is 2. The van der Waals surface area contributed by atoms with Gasteiger partial charge in [-0.15, -0.1) is 0 Å². The van der Waals surface area contributed by atoms with E-state index in [0.29, 0.717) is 27.7 Å². The first kappa shape index (κ1) is 16.4. The van der Waals surface area contributed by atoms with Crippen LogP contribution in [0.5, 0.6) is 5.75 Å². The Morgan fingerprint density at radius 1 is 1.41 bits per heavy atom. The lowest BCUT2D eigenvalue weighted by molar-refractivity contribution is -0.137. The number of imide groups is 1. The molecule has 8 heteroatoms. The fraction of sp³-hybridized carbons (Fsp3) is 0.214. The number of amides is 2. The number of hydrogen-bond acceptors (Lipinski definition) is 5. The monoisotopic (exact) mass is 341 g/mol. The van der Waals surface area contributed by atoms with Crippen LogP contribution in [0.3, 0.4) is 0 Å². The molecular weight excluding hydrogens is 330 g/mol. The Bertz CT molecular complexity index is 659. The van der Waals surface area contributed by atoms with E-state index in [1.165, 1.54) is 0 Å². The number of benzene rings is 1. The summed E-state index contributed by atoms with van der Waals surface area (Å²) in [5.41, 5.74) is 0.662. The highest BCUT2D eigenvalue weighted by Crippen LogP contribution is 2.29. The van der Waals surface area contributed by atoms with Gasteiger partial charge in [0.15, 0.2) is 0 Å². The maximum Gasteiger partial charge on any atom is 0.303 e. The zero-order valence-corrected chi connectivity index (χ0v) is 12.9. The molecule has 0 bridgehead atoms. The van der Waals surface area contributed by atoms with E-state index >= 15 is 0 Å². The van der Waals surface area contributed by atoms with Crippen LogP contribution in [-0.2, 0) is 9.59 Å². The molecule has 1 aliphatic rings. The van der Waals surface area contributed by atoms with Gasteiger partial charge >= 0.3 is 5.97 Å². The van der Waals surface area contributed by atoms with Crippen LogP contribution in [0.25, 0.3) is 6.08 Å². The van der Waals surface area contributed by atoms with Crippen LogP contribution in [0.1, 0.15) is 18.4 Å². The first-order chi connectivity index (χ1) is 10.5. The minimum Gasteiger partial charge on any atom is -0.492 e. The molecule has 1 aromatic rings. The quantitative estimate of drug-likeness (QED) is 0.610. The van der Waals surface area contributed by atoms with E-state index in [1.807, 2.05) is 0 Å². The third-order valence-corrected chi connectivity index (χ3v) is 3.79. The van der Waals surface area contributed by atoms with E-state index in [2.05, 4.69) is 5.32 Å². The highest BCUT2D eigenvalue weighted by atomic mass is 35.5. The molecule has 0 unspecified atom stereocenters. The summed E-state index contributed by atoms with van der Waals surface area (Å²) in [4.78, 5) is 33.2. The van der Waals surface area contributed by atoms with Crippen molar-refractivity contribution in [3.63, 3.8) is 0 Å². The fourth-order valence-electron chi connectivity index (χ4n) is 1.70. The number of carboxylic acid groups (broad SMARTS) is 1. The van der Waals surface area contributed by atoms with Gasteiger partial charge in [0.25, 0.3) is 11.1 Å². The summed E-state index contributed by atoms with van der Waals surface area (Å²) in [6.45, 7) is 0.249. The molecule has 1 aromatic carbocycles. The zero-order valence-electron chi connectivity index (χ0n) is 11.3. The molecule has 6 nitrogen and oxygen atoms in total. The molecule has 2 N–H and O–H groups in total. The number of aliphatic carboxylic acids is 1. The standard InChI is InChI=1S/C14H12ClNO5S/c15-9-6-8(7-11-13(19)16-14(20)22-11)3-4-10(9)21-5-1-2-12(17)18/h3-4,6-7H,1-2,5H2,(H,17,18)(H,16,19,20)/b11-7-. The Kier molecular flexibility index (Phi) is 5.46. The second-order valence-electron chi connectivity index (χ2n) is 4.39. The van der Waals surface area contributed by atoms with Crippen LogP contribution in [0.15, 0.2) is 23.1 Å². The molecule has 0 saturated carbocycles. The van der Waals surface area contributed by atoms with E-state index in [9.17, 15) is 14.4 Å². The minimum atomic E-state index is -0.876. The molecule has 0 aromatic heterocycles. The Hall–Kier alpha value is -1.99. The van der Waals surface area contributed by atoms with Gasteiger partial charge in [-0.3, -0.25) is 19.7 Å². The van der Waals surface area contributed by atoms with E-state index in [0.717, 1.165) is 11.8 Å². The zero-order chi connectivity index (χ0) is 16.1. The SMILES string of the molecule is O=C(O)CCCOc1ccc(/C=C2\SC(=O)NC2=O)cc1Cl. The summed E-state index contributed by atoms with van der Waals surface area (Å²) in [7, 11) is 0. The summed E-state index contributed by atoms with van der Waals surface area (Å²) in [5, 5.41) is 10.6. The molecule has 22 heavy (non-hydrogen) atoms. The Labute approximate surface area is 135 Å². The van der Waals surface area contributed by atoms with Crippen molar-refractivity contribution >= 4 is 46.6 Å². The third kappa shape index (κ3) is 4.51. The molecule has 0 spiro atoms. The Balaban J connectivity index is 2.00. The number of thioether (sulfide) groups is 1. The van der Waals surface area contributed by atoms with Crippen LogP contribution in [0, 0.1) is 0 Å². The summed E-state index contributed by atoms with van der Waals surface area (Å²) >= 11 is 6.91. The maximum atomic E-state index is 11.4. The normalized spacial score (nSPS) is 16.0. The van der Waals surface area contributed by atoms with Gasteiger partial charge < -0.3 is 9.84 Å². The van der Waals surface area contributed by atoms with Crippen LogP contribution in [0.2, 0.25) is 5.02 Å². The molecule has 1 aliphatic heterocycles. The number of hydrogen-bond donors (Lipinski definition) is 2. The molecule has 1 saturated heterocycles. The average Bonchev–Trinajstić information content (AvgIpc) is 2.74. The molecular formula is C14H12ClNO5S. The molecule has 0 radical (unpaired) electrons. The minimum absolute atomic E-state index is 0.0299. The second-order valence-corrected chi connectivity index (χ2v) is 5.81. The summed E-state index contributed by atoms with van der Waals surface area (Å²) in [6.07, 6.45) is 1.98. The van der Waals surface area contributed by atoms with Crippen LogP contribution < -0.4 is 10.1 Å². The molecule has 2 rings (SSSR count). The van der Waals surface area contributed by atoms with Gasteiger partial charge in [-0.25, -0.2) is 0 Å². The van der Waals surface area contributed by atoms with Crippen LogP contribution in [0.4, 0.5) is 4.79 Å². The van der Waals surface area contributed by atoms with Crippen molar-refractivity contribution in [3.8, 4) is 5.75 Å². The summed E-state index contributed by atoms with van der Waals surface area (Å²) in [5.74, 6) is -0.868. The fourth-order valence-corrected chi connectivity index (χ4v) is 2.63. The number of carboxylic acids is 1. The van der Waals surface area contributed by atoms with Gasteiger partial charge in [0.05, 0.1) is 16.5 Å². The van der Waals surface area contributed by atoms with Gasteiger partial charge in [-0.1, -0.05) is 17.7 Å². The van der Waals surface area contributed by atoms with Gasteiger partial charge in [-0.2, -0.15) is 0 Å². The molecule has 0 aliphatic carbocycles. The van der Waals surface area contributed by atoms with E-state index < -0.39 is 17.1 Å². The van der Waals surface area contributed by atoms with Crippen molar-refractivity contribution in [2.45, 2.75) is 12.8 Å². The van der Waals surface area contributed by atoms with Crippen molar-refractivity contribution in [2.24, 2.45) is 0 Å². The Morgan fingerprint density at radius 3 is 2.77 bits per heavy atom. The lowest BCUT2D eigenvalue weighted by atomic mass is 10.2. The highest BCUT2D eigenvalue weighted by molar-refractivity contribution is 8.18. The Morgan fingerprint density at radius 2 is 2.18 bits per heavy atom. The van der Waals surface area contributed by atoms with Crippen LogP contribution in [-0.4, -0.2) is 28.8 Å². The number of halogens is 1. The number of ether oxygens (including phenoxy) is 1. The second kappa shape index (κ2) is 7.33. The summed E-state index contributed by atoms with van der Waals surface area (Å²) in [6, 6.07) is 4.94. The first-order valence-corrected chi connectivity index (χ1v) is 7.54. The van der Waals surface area contributed by atoms with E-state index in [4.69, 9.17) is 21.4 Å². The van der Waals surface area contributed by atoms with Crippen molar-refractivity contribution < 1.29 is 24.2 Å². The van der Waals surface area contributed by atoms with Crippen molar-refractivity contribution in [2.75, 3.05) is 6.61 Å². The average molecular weight is 342 g/mol. The molecule has 0 atom stereocenters. The lowest BCUT2D eigenvalue weighted by Crippen LogP contribution is -2.17. The largest absolute Gasteiger partial charge is 0.492 e. The molecule has 116 valence electrons. The van der Waals surface area contributed by atoms with Crippen molar-refractivity contribution in [1.29, 1.82) is 0 Å². The van der Waals surface area contributed by atoms with Crippen LogP contribution >= 0.6 is 23.4 Å². The van der Waals surface area contributed by atoms with Crippen molar-refractivity contribution in [1.82, 2.24) is 5.32 Å². The van der Waals surface area contributed by atoms with Gasteiger partial charge in [0.2, 0.25) is 0 Å². The highest BCUT2D eigenvalue weighted by Gasteiger charge is 2.24. The predicted molar refractivity (Wildman–Crippen MR) is 82.9 cm³/mol. The van der Waals surface area contributed by atoms with E-state index in [-0.39, 0.29) is 13.0 Å². The smallest absolute Gasteiger partial charge is 0.303 e. The van der Waals surface area contributed by atoms with Gasteiger partial charge in [-0.05, 0) is 42.0 Å². The molecule has 1 fully saturated rings. The number of carbonyl (C=O) groups is 3.